The molecule has 0 radical (unpaired) electrons. The summed E-state index contributed by atoms with van der Waals surface area (Å²) >= 11 is 5.79. The Morgan fingerprint density at radius 3 is 2.57 bits per heavy atom. The molecule has 2 heterocycles. The topological polar surface area (TPSA) is 101 Å². The molecule has 0 bridgehead atoms. The molecule has 2 rings (SSSR count). The molecule has 21 heavy (non-hydrogen) atoms. The lowest BCUT2D eigenvalue weighted by molar-refractivity contribution is 0.445. The number of sulfonamides is 1. The smallest absolute Gasteiger partial charge is 0.242 e. The maximum Gasteiger partial charge on any atom is 0.242 e. The highest BCUT2D eigenvalue weighted by molar-refractivity contribution is 7.89. The lowest BCUT2D eigenvalue weighted by Gasteiger charge is -2.19. The van der Waals surface area contributed by atoms with E-state index in [1.807, 2.05) is 13.8 Å². The summed E-state index contributed by atoms with van der Waals surface area (Å²) in [6, 6.07) is 0.802. The number of aryl methyl sites for hydroxylation is 1. The van der Waals surface area contributed by atoms with E-state index in [9.17, 15) is 8.42 Å². The van der Waals surface area contributed by atoms with Crippen molar-refractivity contribution in [1.29, 1.82) is 0 Å². The molecule has 0 aliphatic carbocycles. The van der Waals surface area contributed by atoms with Gasteiger partial charge >= 0.3 is 0 Å². The lowest BCUT2D eigenvalue weighted by Crippen LogP contribution is -2.32. The van der Waals surface area contributed by atoms with Crippen molar-refractivity contribution >= 4 is 21.6 Å². The molecule has 0 aromatic carbocycles. The molecule has 0 unspecified atom stereocenters. The molecule has 1 atom stereocenters. The van der Waals surface area contributed by atoms with E-state index < -0.39 is 16.1 Å². The van der Waals surface area contributed by atoms with Crippen molar-refractivity contribution in [2.75, 3.05) is 0 Å². The highest BCUT2D eigenvalue weighted by Gasteiger charge is 2.27. The Bertz CT molecular complexity index is 729. The Morgan fingerprint density at radius 2 is 2.05 bits per heavy atom. The average Bonchev–Trinajstić information content (AvgIpc) is 2.82. The molecule has 7 nitrogen and oxygen atoms in total. The number of hydrogen-bond donors (Lipinski definition) is 2. The Balaban J connectivity index is 2.32. The predicted octanol–water partition coefficient (Wildman–Crippen LogP) is 1.84. The minimum atomic E-state index is -3.76. The van der Waals surface area contributed by atoms with Crippen molar-refractivity contribution < 1.29 is 8.42 Å². The second-order valence-corrected chi connectivity index (χ2v) is 7.11. The zero-order valence-electron chi connectivity index (χ0n) is 11.8. The van der Waals surface area contributed by atoms with Gasteiger partial charge in [-0.3, -0.25) is 10.1 Å². The van der Waals surface area contributed by atoms with Gasteiger partial charge in [-0.15, -0.1) is 0 Å². The number of pyridine rings is 1. The van der Waals surface area contributed by atoms with Crippen LogP contribution in [0.4, 0.5) is 0 Å². The molecule has 0 aliphatic heterocycles. The third kappa shape index (κ3) is 3.78. The zero-order chi connectivity index (χ0) is 15.6. The third-order valence-corrected chi connectivity index (χ3v) is 4.45. The average molecular weight is 330 g/mol. The van der Waals surface area contributed by atoms with E-state index in [-0.39, 0.29) is 15.8 Å². The van der Waals surface area contributed by atoms with Gasteiger partial charge in [0.1, 0.15) is 10.7 Å². The van der Waals surface area contributed by atoms with E-state index in [2.05, 4.69) is 24.9 Å². The summed E-state index contributed by atoms with van der Waals surface area (Å²) in [6.45, 7) is 5.52. The molecule has 2 aromatic rings. The molecule has 114 valence electrons. The number of H-pyrrole nitrogens is 1. The second kappa shape index (κ2) is 6.08. The van der Waals surface area contributed by atoms with Crippen LogP contribution >= 0.6 is 11.6 Å². The van der Waals surface area contributed by atoms with Gasteiger partial charge < -0.3 is 0 Å². The lowest BCUT2D eigenvalue weighted by atomic mass is 10.1. The van der Waals surface area contributed by atoms with Gasteiger partial charge in [-0.25, -0.2) is 18.1 Å². The van der Waals surface area contributed by atoms with Crippen LogP contribution in [0.3, 0.4) is 0 Å². The van der Waals surface area contributed by atoms with Gasteiger partial charge in [0, 0.05) is 12.4 Å². The van der Waals surface area contributed by atoms with Crippen molar-refractivity contribution in [3.8, 4) is 0 Å². The number of aromatic nitrogens is 4. The van der Waals surface area contributed by atoms with E-state index in [0.717, 1.165) is 0 Å². The summed E-state index contributed by atoms with van der Waals surface area (Å²) in [5.74, 6) is 1.00. The fourth-order valence-electron chi connectivity index (χ4n) is 1.76. The van der Waals surface area contributed by atoms with Gasteiger partial charge in [0.25, 0.3) is 0 Å². The molecule has 0 saturated carbocycles. The first-order valence-corrected chi connectivity index (χ1v) is 8.17. The SMILES string of the molecule is Cc1nc([C@H](NS(=O)(=O)c2cncc(Cl)c2)C(C)C)n[nH]1. The Morgan fingerprint density at radius 1 is 1.33 bits per heavy atom. The van der Waals surface area contributed by atoms with Gasteiger partial charge in [0.2, 0.25) is 10.0 Å². The van der Waals surface area contributed by atoms with Gasteiger partial charge in [-0.2, -0.15) is 5.10 Å². The molecule has 2 N–H and O–H groups in total. The van der Waals surface area contributed by atoms with Crippen LogP contribution in [0.1, 0.15) is 31.5 Å². The normalized spacial score (nSPS) is 13.6. The van der Waals surface area contributed by atoms with E-state index in [4.69, 9.17) is 11.6 Å². The van der Waals surface area contributed by atoms with E-state index in [1.165, 1.54) is 18.5 Å². The third-order valence-electron chi connectivity index (χ3n) is 2.83. The van der Waals surface area contributed by atoms with Crippen LogP contribution in [0.15, 0.2) is 23.4 Å². The molecule has 0 amide bonds. The summed E-state index contributed by atoms with van der Waals surface area (Å²) in [5, 5.41) is 6.99. The van der Waals surface area contributed by atoms with Crippen LogP contribution in [-0.2, 0) is 10.0 Å². The van der Waals surface area contributed by atoms with Gasteiger partial charge in [0.15, 0.2) is 5.82 Å². The van der Waals surface area contributed by atoms with Crippen molar-refractivity contribution in [2.24, 2.45) is 5.92 Å². The van der Waals surface area contributed by atoms with Crippen LogP contribution < -0.4 is 4.72 Å². The zero-order valence-corrected chi connectivity index (χ0v) is 13.4. The number of nitrogens with one attached hydrogen (secondary N) is 2. The first kappa shape index (κ1) is 15.9. The van der Waals surface area contributed by atoms with Crippen molar-refractivity contribution in [1.82, 2.24) is 24.9 Å². The van der Waals surface area contributed by atoms with E-state index >= 15 is 0 Å². The fourth-order valence-corrected chi connectivity index (χ4v) is 3.33. The maximum atomic E-state index is 12.4. The number of aromatic amines is 1. The quantitative estimate of drug-likeness (QED) is 0.871. The summed E-state index contributed by atoms with van der Waals surface area (Å²) in [5.41, 5.74) is 0. The predicted molar refractivity (Wildman–Crippen MR) is 78.3 cm³/mol. The Hall–Kier alpha value is -1.51. The first-order chi connectivity index (χ1) is 9.79. The van der Waals surface area contributed by atoms with Crippen LogP contribution in [0, 0.1) is 12.8 Å². The molecular weight excluding hydrogens is 314 g/mol. The number of hydrogen-bond acceptors (Lipinski definition) is 5. The van der Waals surface area contributed by atoms with Crippen molar-refractivity contribution in [3.05, 3.63) is 35.1 Å². The molecule has 2 aromatic heterocycles. The van der Waals surface area contributed by atoms with Gasteiger partial charge in [-0.05, 0) is 18.9 Å². The molecule has 0 spiro atoms. The molecule has 0 aliphatic rings. The Kier molecular flexibility index (Phi) is 4.60. The maximum absolute atomic E-state index is 12.4. The minimum absolute atomic E-state index is 0.00732. The molecular formula is C12H16ClN5O2S. The van der Waals surface area contributed by atoms with Gasteiger partial charge in [-0.1, -0.05) is 25.4 Å². The number of halogens is 1. The molecule has 9 heteroatoms. The van der Waals surface area contributed by atoms with E-state index in [0.29, 0.717) is 11.6 Å². The monoisotopic (exact) mass is 329 g/mol. The minimum Gasteiger partial charge on any atom is -0.263 e. The fraction of sp³-hybridized carbons (Fsp3) is 0.417. The Labute approximate surface area is 128 Å². The molecule has 0 saturated heterocycles. The van der Waals surface area contributed by atoms with Crippen LogP contribution in [0.5, 0.6) is 0 Å². The highest BCUT2D eigenvalue weighted by Crippen LogP contribution is 2.22. The van der Waals surface area contributed by atoms with Crippen molar-refractivity contribution in [3.63, 3.8) is 0 Å². The summed E-state index contributed by atoms with van der Waals surface area (Å²) < 4.78 is 27.4. The summed E-state index contributed by atoms with van der Waals surface area (Å²) in [7, 11) is -3.76. The highest BCUT2D eigenvalue weighted by atomic mass is 35.5. The van der Waals surface area contributed by atoms with Crippen molar-refractivity contribution in [2.45, 2.75) is 31.7 Å². The van der Waals surface area contributed by atoms with E-state index in [1.54, 1.807) is 6.92 Å². The number of rotatable bonds is 5. The van der Waals surface area contributed by atoms with Crippen LogP contribution in [0.25, 0.3) is 0 Å². The summed E-state index contributed by atoms with van der Waals surface area (Å²) in [6.07, 6.45) is 2.62. The molecule has 0 fully saturated rings. The van der Waals surface area contributed by atoms with Crippen LogP contribution in [0.2, 0.25) is 5.02 Å². The van der Waals surface area contributed by atoms with Crippen LogP contribution in [-0.4, -0.2) is 28.6 Å². The summed E-state index contributed by atoms with van der Waals surface area (Å²) in [4.78, 5) is 7.99. The second-order valence-electron chi connectivity index (χ2n) is 4.96. The number of nitrogens with zero attached hydrogens (tertiary/aromatic N) is 3. The first-order valence-electron chi connectivity index (χ1n) is 6.31. The standard InChI is InChI=1S/C12H16ClN5O2S/c1-7(2)11(12-15-8(3)16-17-12)18-21(19,20)10-4-9(13)5-14-6-10/h4-7,11,18H,1-3H3,(H,15,16,17)/t11-/m1/s1. The van der Waals surface area contributed by atoms with Gasteiger partial charge in [0.05, 0.1) is 11.1 Å². The largest absolute Gasteiger partial charge is 0.263 e.